The molecule has 1 N–H and O–H groups in total. The normalized spacial score (nSPS) is 15.9. The minimum absolute atomic E-state index is 0.0985. The number of aryl methyl sites for hydroxylation is 2. The van der Waals surface area contributed by atoms with Gasteiger partial charge in [0.15, 0.2) is 0 Å². The maximum absolute atomic E-state index is 12.3. The van der Waals surface area contributed by atoms with Crippen molar-refractivity contribution in [1.82, 2.24) is 14.8 Å². The van der Waals surface area contributed by atoms with Gasteiger partial charge in [0.1, 0.15) is 5.75 Å². The first-order valence-electron chi connectivity index (χ1n) is 13.7. The first-order chi connectivity index (χ1) is 19.0. The lowest BCUT2D eigenvalue weighted by Gasteiger charge is -2.21. The Labute approximate surface area is 227 Å². The van der Waals surface area contributed by atoms with Gasteiger partial charge in [-0.15, -0.1) is 0 Å². The number of carboxylic acids is 1. The molecule has 1 atom stereocenters. The van der Waals surface area contributed by atoms with E-state index in [1.54, 1.807) is 15.8 Å². The summed E-state index contributed by atoms with van der Waals surface area (Å²) in [4.78, 5) is 30.7. The lowest BCUT2D eigenvalue weighted by molar-refractivity contribution is -0.137. The van der Waals surface area contributed by atoms with Crippen LogP contribution < -0.4 is 9.64 Å². The number of aromatic nitrogens is 3. The fourth-order valence-electron chi connectivity index (χ4n) is 5.74. The predicted molar refractivity (Wildman–Crippen MR) is 148 cm³/mol. The van der Waals surface area contributed by atoms with Crippen molar-refractivity contribution in [3.63, 3.8) is 0 Å². The van der Waals surface area contributed by atoms with Crippen LogP contribution in [0.15, 0.2) is 60.8 Å². The number of nitrogens with zero attached hydrogens (tertiary/aromatic N) is 4. The van der Waals surface area contributed by atoms with E-state index >= 15 is 0 Å². The van der Waals surface area contributed by atoms with Crippen LogP contribution in [0.2, 0.25) is 0 Å². The summed E-state index contributed by atoms with van der Waals surface area (Å²) in [6.45, 7) is 1.21. The molecular weight excluding hydrogens is 492 g/mol. The molecule has 1 unspecified atom stereocenters. The highest BCUT2D eigenvalue weighted by molar-refractivity contribution is 5.95. The van der Waals surface area contributed by atoms with Crippen LogP contribution in [0.1, 0.15) is 60.7 Å². The molecule has 1 amide bonds. The van der Waals surface area contributed by atoms with E-state index in [4.69, 9.17) is 9.72 Å². The van der Waals surface area contributed by atoms with Gasteiger partial charge in [-0.05, 0) is 79.6 Å². The molecule has 0 bridgehead atoms. The number of carboxylic acid groups (broad SMARTS) is 1. The van der Waals surface area contributed by atoms with Crippen molar-refractivity contribution in [3.05, 3.63) is 83.3 Å². The Kier molecular flexibility index (Phi) is 7.00. The lowest BCUT2D eigenvalue weighted by Crippen LogP contribution is -2.24. The van der Waals surface area contributed by atoms with Crippen molar-refractivity contribution >= 4 is 28.5 Å². The summed E-state index contributed by atoms with van der Waals surface area (Å²) in [6.07, 6.45) is 8.39. The molecule has 0 radical (unpaired) electrons. The van der Waals surface area contributed by atoms with Gasteiger partial charge in [0.2, 0.25) is 5.91 Å². The summed E-state index contributed by atoms with van der Waals surface area (Å²) < 4.78 is 7.81. The van der Waals surface area contributed by atoms with Gasteiger partial charge in [-0.25, -0.2) is 0 Å². The Bertz CT molecular complexity index is 1530. The van der Waals surface area contributed by atoms with E-state index in [0.29, 0.717) is 19.6 Å². The first-order valence-corrected chi connectivity index (χ1v) is 13.7. The van der Waals surface area contributed by atoms with E-state index < -0.39 is 12.0 Å². The Morgan fingerprint density at radius 2 is 1.92 bits per heavy atom. The molecule has 1 saturated heterocycles. The highest BCUT2D eigenvalue weighted by atomic mass is 16.5. The van der Waals surface area contributed by atoms with Gasteiger partial charge >= 0.3 is 5.97 Å². The maximum Gasteiger partial charge on any atom is 0.305 e. The van der Waals surface area contributed by atoms with Gasteiger partial charge < -0.3 is 14.7 Å². The zero-order chi connectivity index (χ0) is 26.8. The number of pyridine rings is 1. The Hall–Kier alpha value is -4.20. The van der Waals surface area contributed by atoms with Crippen molar-refractivity contribution in [2.75, 3.05) is 18.1 Å². The summed E-state index contributed by atoms with van der Waals surface area (Å²) in [5.41, 5.74) is 6.10. The van der Waals surface area contributed by atoms with Gasteiger partial charge in [-0.2, -0.15) is 5.10 Å². The molecule has 1 fully saturated rings. The highest BCUT2D eigenvalue weighted by Gasteiger charge is 2.25. The van der Waals surface area contributed by atoms with Crippen LogP contribution in [-0.4, -0.2) is 44.9 Å². The van der Waals surface area contributed by atoms with Crippen molar-refractivity contribution in [3.8, 4) is 5.75 Å². The zero-order valence-electron chi connectivity index (χ0n) is 21.9. The largest absolute Gasteiger partial charge is 0.493 e. The van der Waals surface area contributed by atoms with Crippen LogP contribution in [0, 0.1) is 0 Å². The maximum atomic E-state index is 12.3. The smallest absolute Gasteiger partial charge is 0.305 e. The van der Waals surface area contributed by atoms with E-state index in [9.17, 15) is 14.7 Å². The second-order valence-electron chi connectivity index (χ2n) is 10.4. The second kappa shape index (κ2) is 10.9. The molecule has 6 rings (SSSR count). The minimum Gasteiger partial charge on any atom is -0.493 e. The van der Waals surface area contributed by atoms with Crippen LogP contribution in [0.4, 0.5) is 5.69 Å². The molecular formula is C31H32N4O4. The van der Waals surface area contributed by atoms with Crippen molar-refractivity contribution in [1.29, 1.82) is 0 Å². The number of amides is 1. The highest BCUT2D eigenvalue weighted by Crippen LogP contribution is 2.31. The number of anilines is 1. The fourth-order valence-corrected chi connectivity index (χ4v) is 5.74. The van der Waals surface area contributed by atoms with Crippen LogP contribution in [-0.2, 0) is 28.9 Å². The number of carbonyl (C=O) groups is 2. The van der Waals surface area contributed by atoms with Crippen molar-refractivity contribution < 1.29 is 19.4 Å². The fraction of sp³-hybridized carbons (Fsp3) is 0.355. The van der Waals surface area contributed by atoms with Gasteiger partial charge in [-0.3, -0.25) is 19.3 Å². The van der Waals surface area contributed by atoms with Crippen molar-refractivity contribution in [2.24, 2.45) is 0 Å². The average molecular weight is 525 g/mol. The number of hydrogen-bond acceptors (Lipinski definition) is 5. The van der Waals surface area contributed by atoms with E-state index in [1.165, 1.54) is 24.1 Å². The molecule has 0 saturated carbocycles. The summed E-state index contributed by atoms with van der Waals surface area (Å²) in [7, 11) is 0. The molecule has 8 heteroatoms. The number of carbonyl (C=O) groups excluding carboxylic acids is 1. The number of aliphatic carboxylic acids is 1. The average Bonchev–Trinajstić information content (AvgIpc) is 3.57. The molecule has 3 heterocycles. The third-order valence-electron chi connectivity index (χ3n) is 7.73. The van der Waals surface area contributed by atoms with Crippen molar-refractivity contribution in [2.45, 2.75) is 57.4 Å². The molecule has 4 aromatic rings. The van der Waals surface area contributed by atoms with Gasteiger partial charge in [-0.1, -0.05) is 18.2 Å². The van der Waals surface area contributed by atoms with Gasteiger partial charge in [0, 0.05) is 41.8 Å². The summed E-state index contributed by atoms with van der Waals surface area (Å²) >= 11 is 0. The lowest BCUT2D eigenvalue weighted by atomic mass is 9.96. The standard InChI is InChI=1S/C31H32N4O4/c36-30-9-4-15-34(30)25-7-3-6-22(17-25)29(19-31(37)38)35-28-13-12-26(18-23(28)20-32-35)39-16-14-24-11-10-21-5-1-2-8-27(21)33-24/h3,6-7,10-13,17-18,20,29H,1-2,4-5,8-9,14-16,19H2,(H,37,38). The molecule has 39 heavy (non-hydrogen) atoms. The second-order valence-corrected chi connectivity index (χ2v) is 10.4. The van der Waals surface area contributed by atoms with Crippen LogP contribution in [0.25, 0.3) is 10.9 Å². The minimum atomic E-state index is -0.915. The predicted octanol–water partition coefficient (Wildman–Crippen LogP) is 5.12. The Balaban J connectivity index is 1.19. The van der Waals surface area contributed by atoms with Crippen LogP contribution in [0.3, 0.4) is 0 Å². The topological polar surface area (TPSA) is 97.6 Å². The van der Waals surface area contributed by atoms with E-state index in [-0.39, 0.29) is 12.3 Å². The third kappa shape index (κ3) is 5.37. The molecule has 2 aliphatic rings. The molecule has 2 aromatic heterocycles. The molecule has 0 spiro atoms. The van der Waals surface area contributed by atoms with Crippen LogP contribution >= 0.6 is 0 Å². The molecule has 8 nitrogen and oxygen atoms in total. The van der Waals surface area contributed by atoms with Crippen LogP contribution in [0.5, 0.6) is 5.75 Å². The summed E-state index contributed by atoms with van der Waals surface area (Å²) in [6, 6.07) is 17.2. The molecule has 2 aromatic carbocycles. The summed E-state index contributed by atoms with van der Waals surface area (Å²) in [5.74, 6) is -0.0761. The van der Waals surface area contributed by atoms with Gasteiger partial charge in [0.25, 0.3) is 0 Å². The number of fused-ring (bicyclic) bond motifs is 2. The monoisotopic (exact) mass is 524 g/mol. The zero-order valence-corrected chi connectivity index (χ0v) is 21.9. The summed E-state index contributed by atoms with van der Waals surface area (Å²) in [5, 5.41) is 15.2. The first kappa shape index (κ1) is 25.1. The Morgan fingerprint density at radius 1 is 1.03 bits per heavy atom. The molecule has 1 aliphatic carbocycles. The van der Waals surface area contributed by atoms with E-state index in [2.05, 4.69) is 17.2 Å². The number of ether oxygens (including phenoxy) is 1. The number of benzene rings is 2. The van der Waals surface area contributed by atoms with E-state index in [0.717, 1.165) is 59.3 Å². The van der Waals surface area contributed by atoms with E-state index in [1.807, 2.05) is 42.5 Å². The quantitative estimate of drug-likeness (QED) is 0.326. The Morgan fingerprint density at radius 3 is 2.77 bits per heavy atom. The molecule has 200 valence electrons. The molecule has 1 aliphatic heterocycles. The van der Waals surface area contributed by atoms with Gasteiger partial charge in [0.05, 0.1) is 30.8 Å². The number of rotatable bonds is 9. The SMILES string of the molecule is O=C(O)CC(c1cccc(N2CCCC2=O)c1)n1ncc2cc(OCCc3ccc4c(n3)CCCC4)ccc21. The third-order valence-corrected chi connectivity index (χ3v) is 7.73. The number of hydrogen-bond donors (Lipinski definition) is 1.